The molecule has 17 heavy (non-hydrogen) atoms. The predicted molar refractivity (Wildman–Crippen MR) is 47.0 cm³/mol. The predicted octanol–water partition coefficient (Wildman–Crippen LogP) is -7.21. The van der Waals surface area contributed by atoms with Crippen LogP contribution in [0.5, 0.6) is 0 Å². The third-order valence-electron chi connectivity index (χ3n) is 4.18. The molecule has 0 heterocycles. The monoisotopic (exact) mass is 256 g/mol. The molecule has 0 amide bonds. The summed E-state index contributed by atoms with van der Waals surface area (Å²) >= 11 is 0. The molecule has 2 bridgehead atoms. The van der Waals surface area contributed by atoms with Gasteiger partial charge in [-0.25, -0.2) is 0 Å². The van der Waals surface area contributed by atoms with E-state index in [0.717, 1.165) is 19.3 Å². The molecule has 0 N–H and O–H groups in total. The average molecular weight is 256 g/mol. The van der Waals surface area contributed by atoms with Crippen molar-refractivity contribution in [3.63, 3.8) is 0 Å². The van der Waals surface area contributed by atoms with Crippen molar-refractivity contribution < 1.29 is 78.9 Å². The third-order valence-corrected chi connectivity index (χ3v) is 4.18. The van der Waals surface area contributed by atoms with Gasteiger partial charge in [-0.05, 0) is 37.0 Å². The summed E-state index contributed by atoms with van der Waals surface area (Å²) in [7, 11) is 0. The summed E-state index contributed by atoms with van der Waals surface area (Å²) in [6, 6.07) is 0. The second-order valence-electron chi connectivity index (χ2n) is 4.90. The number of hydrogen-bond acceptors (Lipinski definition) is 4. The van der Waals surface area contributed by atoms with Crippen LogP contribution in [0, 0.1) is 29.6 Å². The third kappa shape index (κ3) is 3.28. The van der Waals surface area contributed by atoms with E-state index in [4.69, 9.17) is 0 Å². The summed E-state index contributed by atoms with van der Waals surface area (Å²) in [6.07, 6.45) is 2.44. The van der Waals surface area contributed by atoms with Crippen molar-refractivity contribution in [2.75, 3.05) is 0 Å². The average Bonchev–Trinajstić information content (AvgIpc) is 2.16. The molecule has 0 aliphatic heterocycles. The molecule has 3 fully saturated rings. The molecule has 5 unspecified atom stereocenters. The van der Waals surface area contributed by atoms with E-state index < -0.39 is 23.8 Å². The summed E-state index contributed by atoms with van der Waals surface area (Å²) < 4.78 is 0. The van der Waals surface area contributed by atoms with Gasteiger partial charge in [-0.2, -0.15) is 0 Å². The first kappa shape index (κ1) is 17.9. The zero-order valence-electron chi connectivity index (χ0n) is 10.6. The first-order valence-corrected chi connectivity index (χ1v) is 5.44. The molecule has 4 nitrogen and oxygen atoms in total. The molecule has 3 saturated carbocycles. The van der Waals surface area contributed by atoms with E-state index in [1.807, 2.05) is 6.92 Å². The van der Waals surface area contributed by atoms with Gasteiger partial charge in [-0.15, -0.1) is 0 Å². The van der Waals surface area contributed by atoms with Gasteiger partial charge in [0.25, 0.3) is 0 Å². The van der Waals surface area contributed by atoms with Crippen LogP contribution in [0.15, 0.2) is 0 Å². The van der Waals surface area contributed by atoms with Gasteiger partial charge in [-0.3, -0.25) is 0 Å². The van der Waals surface area contributed by atoms with E-state index in [2.05, 4.69) is 0 Å². The van der Waals surface area contributed by atoms with Crippen LogP contribution in [0.1, 0.15) is 26.2 Å². The zero-order chi connectivity index (χ0) is 11.2. The normalized spacial score (nSPS) is 38.8. The fourth-order valence-corrected chi connectivity index (χ4v) is 3.54. The molecule has 0 saturated heterocycles. The number of rotatable bonds is 2. The minimum atomic E-state index is -1.22. The molecule has 0 radical (unpaired) electrons. The van der Waals surface area contributed by atoms with Crippen molar-refractivity contribution in [2.24, 2.45) is 29.6 Å². The zero-order valence-corrected chi connectivity index (χ0v) is 14.6. The minimum absolute atomic E-state index is 0. The Hall–Kier alpha value is 0.940. The van der Waals surface area contributed by atoms with Crippen molar-refractivity contribution in [1.29, 1.82) is 0 Å². The Kier molecular flexibility index (Phi) is 7.30. The maximum atomic E-state index is 11.0. The van der Waals surface area contributed by atoms with Crippen LogP contribution in [-0.4, -0.2) is 11.9 Å². The summed E-state index contributed by atoms with van der Waals surface area (Å²) in [5.41, 5.74) is 0. The number of fused-ring (bicyclic) bond motifs is 3. The molecule has 0 spiro atoms. The van der Waals surface area contributed by atoms with Gasteiger partial charge >= 0.3 is 59.1 Å². The van der Waals surface area contributed by atoms with Crippen molar-refractivity contribution in [1.82, 2.24) is 0 Å². The molecular weight excluding hydrogens is 242 g/mol. The van der Waals surface area contributed by atoms with Crippen molar-refractivity contribution >= 4 is 11.9 Å². The Morgan fingerprint density at radius 3 is 1.94 bits per heavy atom. The van der Waals surface area contributed by atoms with Crippen molar-refractivity contribution in [3.8, 4) is 0 Å². The molecule has 3 rings (SSSR count). The van der Waals surface area contributed by atoms with Gasteiger partial charge in [0, 0.05) is 23.8 Å². The number of carboxylic acid groups (broad SMARTS) is 2. The van der Waals surface area contributed by atoms with E-state index >= 15 is 0 Å². The second kappa shape index (κ2) is 6.92. The smallest absolute Gasteiger partial charge is 0.550 e. The number of carboxylic acids is 2. The van der Waals surface area contributed by atoms with E-state index in [9.17, 15) is 19.8 Å². The van der Waals surface area contributed by atoms with Crippen LogP contribution >= 0.6 is 0 Å². The topological polar surface area (TPSA) is 80.3 Å². The van der Waals surface area contributed by atoms with E-state index in [1.165, 1.54) is 0 Å². The van der Waals surface area contributed by atoms with Crippen molar-refractivity contribution in [3.05, 3.63) is 0 Å². The first-order chi connectivity index (χ1) is 7.02. The van der Waals surface area contributed by atoms with E-state index in [0.29, 0.717) is 5.92 Å². The number of carbonyl (C=O) groups excluding carboxylic acids is 2. The van der Waals surface area contributed by atoms with E-state index in [-0.39, 0.29) is 71.0 Å². The van der Waals surface area contributed by atoms with Crippen LogP contribution < -0.4 is 69.3 Å². The van der Waals surface area contributed by atoms with Gasteiger partial charge in [0.05, 0.1) is 0 Å². The fourth-order valence-electron chi connectivity index (χ4n) is 3.54. The van der Waals surface area contributed by atoms with Gasteiger partial charge in [0.1, 0.15) is 0 Å². The van der Waals surface area contributed by atoms with Gasteiger partial charge in [0.15, 0.2) is 0 Å². The molecule has 0 aromatic carbocycles. The Morgan fingerprint density at radius 1 is 1.00 bits per heavy atom. The SMILES string of the molecule is CC1CC2CCC1C(C(=O)[O-])C2C(=O)[O-].[Na+].[Na+]. The first-order valence-electron chi connectivity index (χ1n) is 5.44. The van der Waals surface area contributed by atoms with Crippen LogP contribution in [0.2, 0.25) is 0 Å². The Bertz CT molecular complexity index is 308. The molecule has 3 aliphatic carbocycles. The minimum Gasteiger partial charge on any atom is -0.550 e. The second-order valence-corrected chi connectivity index (χ2v) is 4.90. The Labute approximate surface area is 145 Å². The molecule has 0 aromatic rings. The van der Waals surface area contributed by atoms with E-state index in [1.54, 1.807) is 0 Å². The summed E-state index contributed by atoms with van der Waals surface area (Å²) in [5, 5.41) is 22.0. The van der Waals surface area contributed by atoms with Gasteiger partial charge in [-0.1, -0.05) is 6.92 Å². The number of carbonyl (C=O) groups is 2. The van der Waals surface area contributed by atoms with Gasteiger partial charge < -0.3 is 19.8 Å². The van der Waals surface area contributed by atoms with Crippen LogP contribution in [0.4, 0.5) is 0 Å². The largest absolute Gasteiger partial charge is 1.00 e. The van der Waals surface area contributed by atoms with Gasteiger partial charge in [0.2, 0.25) is 0 Å². The van der Waals surface area contributed by atoms with Crippen molar-refractivity contribution in [2.45, 2.75) is 26.2 Å². The number of hydrogen-bond donors (Lipinski definition) is 0. The summed E-state index contributed by atoms with van der Waals surface area (Å²) in [4.78, 5) is 22.0. The Balaban J connectivity index is 0.00000128. The van der Waals surface area contributed by atoms with Crippen LogP contribution in [0.3, 0.4) is 0 Å². The molecule has 84 valence electrons. The van der Waals surface area contributed by atoms with Crippen LogP contribution in [-0.2, 0) is 9.59 Å². The fraction of sp³-hybridized carbons (Fsp3) is 0.818. The Morgan fingerprint density at radius 2 is 1.53 bits per heavy atom. The van der Waals surface area contributed by atoms with Crippen LogP contribution in [0.25, 0.3) is 0 Å². The molecule has 0 aromatic heterocycles. The summed E-state index contributed by atoms with van der Waals surface area (Å²) in [5.74, 6) is -3.87. The summed E-state index contributed by atoms with van der Waals surface area (Å²) in [6.45, 7) is 2.00. The standard InChI is InChI=1S/C11H16O4.2Na/c1-5-4-6-2-3-7(5)9(11(14)15)8(6)10(12)13;;/h5-9H,2-4H2,1H3,(H,12,13)(H,14,15);;/q;2*+1/p-2. The molecular formula is C11H14Na2O4. The maximum absolute atomic E-state index is 11.0. The molecule has 3 aliphatic rings. The number of aliphatic carboxylic acids is 2. The molecule has 5 atom stereocenters. The quantitative estimate of drug-likeness (QED) is 0.460. The molecule has 6 heteroatoms. The maximum Gasteiger partial charge on any atom is 1.00 e.